The van der Waals surface area contributed by atoms with Crippen LogP contribution in [0.5, 0.6) is 11.5 Å². The molecule has 3 heterocycles. The molecular formula is C28H30F2N4O3. The fourth-order valence-corrected chi connectivity index (χ4v) is 5.35. The van der Waals surface area contributed by atoms with Crippen molar-refractivity contribution in [2.75, 3.05) is 11.9 Å². The fraction of sp³-hybridized carbons (Fsp3) is 0.393. The predicted octanol–water partition coefficient (Wildman–Crippen LogP) is 5.45. The molecule has 0 saturated heterocycles. The molecule has 3 aromatic rings. The van der Waals surface area contributed by atoms with Crippen molar-refractivity contribution >= 4 is 11.6 Å². The number of nitrogens with one attached hydrogen (secondary N) is 1. The lowest BCUT2D eigenvalue weighted by atomic mass is 9.74. The van der Waals surface area contributed by atoms with Crippen LogP contribution >= 0.6 is 0 Å². The van der Waals surface area contributed by atoms with Crippen LogP contribution in [0.15, 0.2) is 42.7 Å². The Balaban J connectivity index is 1.63. The van der Waals surface area contributed by atoms with Crippen LogP contribution in [0.1, 0.15) is 61.5 Å². The van der Waals surface area contributed by atoms with Crippen LogP contribution in [0.4, 0.5) is 14.5 Å². The molecule has 194 valence electrons. The number of carbonyl (C=O) groups excluding carboxylic acids is 1. The minimum absolute atomic E-state index is 0.00213. The number of halogens is 2. The number of fused-ring (bicyclic) bond motifs is 8. The van der Waals surface area contributed by atoms with E-state index in [0.717, 1.165) is 30.9 Å². The lowest BCUT2D eigenvalue weighted by Gasteiger charge is -2.34. The normalized spacial score (nSPS) is 21.6. The average molecular weight is 509 g/mol. The molecule has 1 amide bonds. The summed E-state index contributed by atoms with van der Waals surface area (Å²) >= 11 is 0. The molecule has 1 fully saturated rings. The van der Waals surface area contributed by atoms with Crippen molar-refractivity contribution in [1.82, 2.24) is 9.97 Å². The molecule has 4 bridgehead atoms. The van der Waals surface area contributed by atoms with Gasteiger partial charge in [0.1, 0.15) is 34.5 Å². The summed E-state index contributed by atoms with van der Waals surface area (Å²) in [6.07, 6.45) is 6.26. The molecule has 9 heteroatoms. The van der Waals surface area contributed by atoms with Gasteiger partial charge in [0.25, 0.3) is 5.91 Å². The number of benzene rings is 1. The predicted molar refractivity (Wildman–Crippen MR) is 136 cm³/mol. The summed E-state index contributed by atoms with van der Waals surface area (Å²) in [6, 6.07) is 6.99. The van der Waals surface area contributed by atoms with E-state index in [1.807, 2.05) is 19.9 Å². The summed E-state index contributed by atoms with van der Waals surface area (Å²) in [5, 5.41) is 2.87. The van der Waals surface area contributed by atoms with Crippen LogP contribution in [0, 0.1) is 17.6 Å². The monoisotopic (exact) mass is 508 g/mol. The molecule has 3 atom stereocenters. The standard InChI is InChI=1S/C28H30F2N4O3/c1-15(2)37-19-12-22(30)26-25(13-19)36-8-6-16-9-17(11-18(31)10-16)20-5-7-32-14-24(20)34-28(35)23-4-3-21(29)27(26)33-23/h3-5,7,12-18H,6,8-11,31H2,1-2H3,(H,34,35). The summed E-state index contributed by atoms with van der Waals surface area (Å²) in [6.45, 7) is 3.93. The maximum absolute atomic E-state index is 15.5. The highest BCUT2D eigenvalue weighted by atomic mass is 19.1. The van der Waals surface area contributed by atoms with E-state index in [0.29, 0.717) is 12.1 Å². The van der Waals surface area contributed by atoms with Gasteiger partial charge in [0, 0.05) is 24.4 Å². The van der Waals surface area contributed by atoms with Crippen LogP contribution in [-0.4, -0.2) is 34.6 Å². The van der Waals surface area contributed by atoms with E-state index < -0.39 is 17.5 Å². The van der Waals surface area contributed by atoms with Gasteiger partial charge in [-0.1, -0.05) is 0 Å². The van der Waals surface area contributed by atoms with E-state index >= 15 is 8.78 Å². The maximum Gasteiger partial charge on any atom is 0.274 e. The number of hydrogen-bond acceptors (Lipinski definition) is 6. The van der Waals surface area contributed by atoms with Gasteiger partial charge in [-0.05, 0) is 75.1 Å². The Kier molecular flexibility index (Phi) is 7.06. The molecule has 2 aliphatic rings. The van der Waals surface area contributed by atoms with Crippen molar-refractivity contribution in [3.63, 3.8) is 0 Å². The number of nitrogens with two attached hydrogens (primary N) is 1. The van der Waals surface area contributed by atoms with Gasteiger partial charge in [-0.3, -0.25) is 9.78 Å². The van der Waals surface area contributed by atoms with Gasteiger partial charge in [-0.25, -0.2) is 13.8 Å². The molecule has 3 N–H and O–H groups in total. The summed E-state index contributed by atoms with van der Waals surface area (Å²) < 4.78 is 42.2. The number of ether oxygens (including phenoxy) is 2. The van der Waals surface area contributed by atoms with Crippen molar-refractivity contribution in [1.29, 1.82) is 0 Å². The third kappa shape index (κ3) is 5.41. The topological polar surface area (TPSA) is 99.4 Å². The molecule has 5 rings (SSSR count). The molecule has 7 nitrogen and oxygen atoms in total. The first kappa shape index (κ1) is 25.1. The minimum atomic E-state index is -0.772. The molecule has 1 saturated carbocycles. The van der Waals surface area contributed by atoms with E-state index in [9.17, 15) is 4.79 Å². The number of rotatable bonds is 2. The van der Waals surface area contributed by atoms with E-state index in [1.165, 1.54) is 12.1 Å². The lowest BCUT2D eigenvalue weighted by Crippen LogP contribution is -2.33. The summed E-state index contributed by atoms with van der Waals surface area (Å²) in [4.78, 5) is 21.6. The van der Waals surface area contributed by atoms with E-state index in [4.69, 9.17) is 15.2 Å². The zero-order valence-electron chi connectivity index (χ0n) is 20.8. The highest BCUT2D eigenvalue weighted by Gasteiger charge is 2.30. The highest BCUT2D eigenvalue weighted by Crippen LogP contribution is 2.41. The summed E-state index contributed by atoms with van der Waals surface area (Å²) in [5.41, 5.74) is 7.42. The third-order valence-corrected chi connectivity index (χ3v) is 6.88. The van der Waals surface area contributed by atoms with Gasteiger partial charge >= 0.3 is 0 Å². The Labute approximate surface area is 214 Å². The molecule has 1 aliphatic heterocycles. The first-order valence-corrected chi connectivity index (χ1v) is 12.6. The van der Waals surface area contributed by atoms with Gasteiger partial charge in [0.05, 0.1) is 30.2 Å². The number of nitrogens with zero attached hydrogens (tertiary/aromatic N) is 2. The molecule has 1 aliphatic carbocycles. The van der Waals surface area contributed by atoms with Crippen molar-refractivity contribution in [2.45, 2.75) is 57.6 Å². The van der Waals surface area contributed by atoms with Crippen LogP contribution in [0.2, 0.25) is 0 Å². The first-order valence-electron chi connectivity index (χ1n) is 12.6. The number of carbonyl (C=O) groups is 1. The largest absolute Gasteiger partial charge is 0.493 e. The van der Waals surface area contributed by atoms with Crippen LogP contribution in [0.25, 0.3) is 11.3 Å². The second-order valence-electron chi connectivity index (χ2n) is 10.1. The summed E-state index contributed by atoms with van der Waals surface area (Å²) in [5.74, 6) is -1.31. The minimum Gasteiger partial charge on any atom is -0.493 e. The SMILES string of the molecule is CC(C)Oc1cc(F)c2c(c1)OCCC1CC(N)CC(C1)c1ccncc1NC(=O)c1ccc(F)c-2n1. The third-order valence-electron chi connectivity index (χ3n) is 6.88. The van der Waals surface area contributed by atoms with Crippen LogP contribution in [0.3, 0.4) is 0 Å². The van der Waals surface area contributed by atoms with Crippen LogP contribution in [-0.2, 0) is 0 Å². The van der Waals surface area contributed by atoms with E-state index in [-0.39, 0.29) is 59.0 Å². The Hall–Kier alpha value is -3.59. The number of amides is 1. The van der Waals surface area contributed by atoms with E-state index in [2.05, 4.69) is 15.3 Å². The maximum atomic E-state index is 15.5. The number of aromatic nitrogens is 2. The van der Waals surface area contributed by atoms with Crippen molar-refractivity contribution in [3.05, 3.63) is 65.6 Å². The second-order valence-corrected chi connectivity index (χ2v) is 10.1. The molecule has 2 aromatic heterocycles. The summed E-state index contributed by atoms with van der Waals surface area (Å²) in [7, 11) is 0. The molecular weight excluding hydrogens is 478 g/mol. The molecule has 3 unspecified atom stereocenters. The van der Waals surface area contributed by atoms with Gasteiger partial charge < -0.3 is 20.5 Å². The second kappa shape index (κ2) is 10.4. The Morgan fingerprint density at radius 3 is 2.78 bits per heavy atom. The molecule has 37 heavy (non-hydrogen) atoms. The zero-order valence-corrected chi connectivity index (χ0v) is 20.8. The lowest BCUT2D eigenvalue weighted by molar-refractivity contribution is 0.102. The number of hydrogen-bond donors (Lipinski definition) is 2. The smallest absolute Gasteiger partial charge is 0.274 e. The number of anilines is 1. The van der Waals surface area contributed by atoms with Gasteiger partial charge in [-0.2, -0.15) is 0 Å². The molecule has 0 radical (unpaired) electrons. The Bertz CT molecular complexity index is 1320. The average Bonchev–Trinajstić information content (AvgIpc) is 2.84. The quantitative estimate of drug-likeness (QED) is 0.477. The van der Waals surface area contributed by atoms with Crippen LogP contribution < -0.4 is 20.5 Å². The van der Waals surface area contributed by atoms with Gasteiger partial charge in [-0.15, -0.1) is 0 Å². The van der Waals surface area contributed by atoms with Gasteiger partial charge in [0.2, 0.25) is 0 Å². The van der Waals surface area contributed by atoms with Gasteiger partial charge in [0.15, 0.2) is 0 Å². The molecule has 1 aromatic carbocycles. The van der Waals surface area contributed by atoms with Crippen molar-refractivity contribution in [3.8, 4) is 22.8 Å². The Morgan fingerprint density at radius 1 is 1.14 bits per heavy atom. The van der Waals surface area contributed by atoms with E-state index in [1.54, 1.807) is 18.5 Å². The zero-order chi connectivity index (χ0) is 26.1. The Morgan fingerprint density at radius 2 is 1.97 bits per heavy atom. The van der Waals surface area contributed by atoms with Crippen molar-refractivity contribution < 1.29 is 23.0 Å². The van der Waals surface area contributed by atoms with Crippen molar-refractivity contribution in [2.24, 2.45) is 11.7 Å². The fourth-order valence-electron chi connectivity index (χ4n) is 5.35. The highest BCUT2D eigenvalue weighted by molar-refractivity contribution is 6.03. The number of pyridine rings is 2. The first-order chi connectivity index (χ1) is 17.8. The molecule has 0 spiro atoms.